The summed E-state index contributed by atoms with van der Waals surface area (Å²) in [6.07, 6.45) is 18.3. The Morgan fingerprint density at radius 3 is 1.77 bits per heavy atom. The molecule has 0 aliphatic heterocycles. The summed E-state index contributed by atoms with van der Waals surface area (Å²) in [4.78, 5) is 11.6. The highest BCUT2D eigenvalue weighted by atomic mass is 32.2. The molecule has 0 aliphatic carbocycles. The lowest BCUT2D eigenvalue weighted by molar-refractivity contribution is -0.143. The predicted octanol–water partition coefficient (Wildman–Crippen LogP) is 7.79. The first kappa shape index (κ1) is 25.8. The largest absolute Gasteiger partial charge is 0.465 e. The molecule has 0 heterocycles. The molecule has 0 radical (unpaired) electrons. The topological polar surface area (TPSA) is 26.3 Å². The first-order valence-electron chi connectivity index (χ1n) is 11.2. The highest BCUT2D eigenvalue weighted by molar-refractivity contribution is 7.99. The van der Waals surface area contributed by atoms with Gasteiger partial charge in [-0.1, -0.05) is 98.3 Å². The molecule has 0 aliphatic rings. The quantitative estimate of drug-likeness (QED) is 0.178. The van der Waals surface area contributed by atoms with Gasteiger partial charge in [0.1, 0.15) is 6.61 Å². The minimum Gasteiger partial charge on any atom is -0.465 e. The van der Waals surface area contributed by atoms with Crippen LogP contribution in [0.3, 0.4) is 0 Å². The van der Waals surface area contributed by atoms with Gasteiger partial charge in [-0.15, -0.1) is 0 Å². The molecule has 0 aromatic carbocycles. The zero-order valence-corrected chi connectivity index (χ0v) is 19.1. The lowest BCUT2D eigenvalue weighted by Crippen LogP contribution is -2.12. The predicted molar refractivity (Wildman–Crippen MR) is 118 cm³/mol. The van der Waals surface area contributed by atoms with Gasteiger partial charge in [0.25, 0.3) is 0 Å². The normalized spacial score (nSPS) is 11.7. The van der Waals surface area contributed by atoms with Crippen LogP contribution in [0.15, 0.2) is 0 Å². The standard InChI is InChI=1S/C23H46O2S/c1-5-6-7-8-9-10-11-12-13-14-15-16-20-26-21-19-25-22(24)17-18-23(2,3)4/h5-21H2,1-4H3. The van der Waals surface area contributed by atoms with Crippen molar-refractivity contribution in [3.63, 3.8) is 0 Å². The number of esters is 1. The number of hydrogen-bond acceptors (Lipinski definition) is 3. The van der Waals surface area contributed by atoms with Crippen LogP contribution in [0.25, 0.3) is 0 Å². The second-order valence-corrected chi connectivity index (χ2v) is 10.0. The van der Waals surface area contributed by atoms with Crippen LogP contribution in [0.2, 0.25) is 0 Å². The van der Waals surface area contributed by atoms with Crippen LogP contribution in [-0.4, -0.2) is 24.1 Å². The summed E-state index contributed by atoms with van der Waals surface area (Å²) in [5.74, 6) is 2.11. The van der Waals surface area contributed by atoms with Crippen molar-refractivity contribution in [3.8, 4) is 0 Å². The Kier molecular flexibility index (Phi) is 18.1. The summed E-state index contributed by atoms with van der Waals surface area (Å²) in [6.45, 7) is 9.33. The lowest BCUT2D eigenvalue weighted by atomic mass is 9.91. The smallest absolute Gasteiger partial charge is 0.305 e. The maximum absolute atomic E-state index is 11.6. The van der Waals surface area contributed by atoms with E-state index in [1.54, 1.807) is 0 Å². The second-order valence-electron chi connectivity index (χ2n) is 8.78. The highest BCUT2D eigenvalue weighted by Gasteiger charge is 2.13. The average Bonchev–Trinajstić information content (AvgIpc) is 2.59. The van der Waals surface area contributed by atoms with Crippen molar-refractivity contribution >= 4 is 17.7 Å². The van der Waals surface area contributed by atoms with Crippen LogP contribution < -0.4 is 0 Å². The van der Waals surface area contributed by atoms with E-state index in [-0.39, 0.29) is 11.4 Å². The Balaban J connectivity index is 3.14. The maximum atomic E-state index is 11.6. The van der Waals surface area contributed by atoms with E-state index in [2.05, 4.69) is 27.7 Å². The molecule has 0 N–H and O–H groups in total. The molecule has 0 unspecified atom stereocenters. The number of ether oxygens (including phenoxy) is 1. The number of hydrogen-bond donors (Lipinski definition) is 0. The monoisotopic (exact) mass is 386 g/mol. The van der Waals surface area contributed by atoms with E-state index < -0.39 is 0 Å². The van der Waals surface area contributed by atoms with Crippen molar-refractivity contribution in [2.75, 3.05) is 18.1 Å². The summed E-state index contributed by atoms with van der Waals surface area (Å²) in [5, 5.41) is 0. The SMILES string of the molecule is CCCCCCCCCCCCCCSCCOC(=O)CCC(C)(C)C. The molecule has 26 heavy (non-hydrogen) atoms. The minimum absolute atomic E-state index is 0.0362. The van der Waals surface area contributed by atoms with Crippen molar-refractivity contribution in [2.24, 2.45) is 5.41 Å². The molecule has 0 aromatic rings. The third-order valence-electron chi connectivity index (χ3n) is 4.71. The molecule has 2 nitrogen and oxygen atoms in total. The van der Waals surface area contributed by atoms with E-state index in [1.807, 2.05) is 11.8 Å². The van der Waals surface area contributed by atoms with Crippen LogP contribution >= 0.6 is 11.8 Å². The van der Waals surface area contributed by atoms with Gasteiger partial charge in [0.15, 0.2) is 0 Å². The van der Waals surface area contributed by atoms with Gasteiger partial charge in [-0.3, -0.25) is 4.79 Å². The van der Waals surface area contributed by atoms with Gasteiger partial charge in [-0.05, 0) is 24.0 Å². The number of unbranched alkanes of at least 4 members (excludes halogenated alkanes) is 11. The Morgan fingerprint density at radius 2 is 1.27 bits per heavy atom. The summed E-state index contributed by atoms with van der Waals surface area (Å²) in [5.41, 5.74) is 0.211. The first-order chi connectivity index (χ1) is 12.5. The van der Waals surface area contributed by atoms with Gasteiger partial charge in [-0.2, -0.15) is 11.8 Å². The molecule has 0 aromatic heterocycles. The molecule has 0 saturated heterocycles. The molecule has 0 amide bonds. The van der Waals surface area contributed by atoms with Gasteiger partial charge in [0.2, 0.25) is 0 Å². The van der Waals surface area contributed by atoms with Gasteiger partial charge < -0.3 is 4.74 Å². The summed E-state index contributed by atoms with van der Waals surface area (Å²) < 4.78 is 5.29. The Bertz CT molecular complexity index is 310. The number of thioether (sulfide) groups is 1. The van der Waals surface area contributed by atoms with Crippen molar-refractivity contribution in [2.45, 2.75) is 118 Å². The van der Waals surface area contributed by atoms with Gasteiger partial charge in [0.05, 0.1) is 0 Å². The highest BCUT2D eigenvalue weighted by Crippen LogP contribution is 2.20. The fourth-order valence-electron chi connectivity index (χ4n) is 2.91. The molecule has 0 spiro atoms. The van der Waals surface area contributed by atoms with E-state index in [0.29, 0.717) is 13.0 Å². The van der Waals surface area contributed by atoms with E-state index in [4.69, 9.17) is 4.74 Å². The zero-order valence-electron chi connectivity index (χ0n) is 18.2. The zero-order chi connectivity index (χ0) is 19.5. The van der Waals surface area contributed by atoms with E-state index >= 15 is 0 Å². The fraction of sp³-hybridized carbons (Fsp3) is 0.957. The summed E-state index contributed by atoms with van der Waals surface area (Å²) in [6, 6.07) is 0. The van der Waals surface area contributed by atoms with E-state index in [0.717, 1.165) is 12.2 Å². The van der Waals surface area contributed by atoms with Gasteiger partial charge in [-0.25, -0.2) is 0 Å². The number of carbonyl (C=O) groups excluding carboxylic acids is 1. The Morgan fingerprint density at radius 1 is 0.769 bits per heavy atom. The molecule has 0 fully saturated rings. The van der Waals surface area contributed by atoms with Gasteiger partial charge >= 0.3 is 5.97 Å². The minimum atomic E-state index is -0.0362. The molecule has 0 atom stereocenters. The van der Waals surface area contributed by atoms with E-state index in [9.17, 15) is 4.79 Å². The van der Waals surface area contributed by atoms with Crippen molar-refractivity contribution in [1.29, 1.82) is 0 Å². The van der Waals surface area contributed by atoms with Crippen molar-refractivity contribution in [3.05, 3.63) is 0 Å². The molecule has 0 bridgehead atoms. The maximum Gasteiger partial charge on any atom is 0.305 e. The van der Waals surface area contributed by atoms with Crippen LogP contribution in [0.1, 0.15) is 118 Å². The molecule has 0 saturated carbocycles. The number of rotatable bonds is 18. The van der Waals surface area contributed by atoms with E-state index in [1.165, 1.54) is 82.8 Å². The average molecular weight is 387 g/mol. The second kappa shape index (κ2) is 18.2. The van der Waals surface area contributed by atoms with Crippen LogP contribution in [0, 0.1) is 5.41 Å². The van der Waals surface area contributed by atoms with Crippen LogP contribution in [-0.2, 0) is 9.53 Å². The van der Waals surface area contributed by atoms with Crippen LogP contribution in [0.5, 0.6) is 0 Å². The lowest BCUT2D eigenvalue weighted by Gasteiger charge is -2.16. The molecule has 156 valence electrons. The van der Waals surface area contributed by atoms with Crippen molar-refractivity contribution < 1.29 is 9.53 Å². The molecule has 0 rings (SSSR count). The third-order valence-corrected chi connectivity index (χ3v) is 5.74. The third kappa shape index (κ3) is 21.9. The van der Waals surface area contributed by atoms with Crippen molar-refractivity contribution in [1.82, 2.24) is 0 Å². The summed E-state index contributed by atoms with van der Waals surface area (Å²) in [7, 11) is 0. The Hall–Kier alpha value is -0.180. The molecular formula is C23H46O2S. The first-order valence-corrected chi connectivity index (χ1v) is 12.3. The molecular weight excluding hydrogens is 340 g/mol. The Labute approximate surface area is 168 Å². The summed E-state index contributed by atoms with van der Waals surface area (Å²) >= 11 is 1.92. The fourth-order valence-corrected chi connectivity index (χ4v) is 3.72. The van der Waals surface area contributed by atoms with Crippen LogP contribution in [0.4, 0.5) is 0 Å². The van der Waals surface area contributed by atoms with Gasteiger partial charge in [0, 0.05) is 12.2 Å². The molecule has 3 heteroatoms. The number of carbonyl (C=O) groups is 1.